The van der Waals surface area contributed by atoms with Gasteiger partial charge < -0.3 is 0 Å². The Kier molecular flexibility index (Phi) is 5.40. The first-order valence-corrected chi connectivity index (χ1v) is 15.3. The van der Waals surface area contributed by atoms with Crippen LogP contribution in [0.5, 0.6) is 0 Å². The largest absolute Gasteiger partial charge is 0.256 e. The van der Waals surface area contributed by atoms with Gasteiger partial charge in [0.1, 0.15) is 0 Å². The van der Waals surface area contributed by atoms with Crippen molar-refractivity contribution in [2.75, 3.05) is 0 Å². The van der Waals surface area contributed by atoms with Crippen LogP contribution in [-0.4, -0.2) is 9.97 Å². The molecule has 0 aliphatic heterocycles. The highest BCUT2D eigenvalue weighted by atomic mass is 32.1. The van der Waals surface area contributed by atoms with Gasteiger partial charge in [0.15, 0.2) is 0 Å². The second-order valence-electron chi connectivity index (χ2n) is 11.0. The van der Waals surface area contributed by atoms with E-state index in [2.05, 4.69) is 133 Å². The van der Waals surface area contributed by atoms with E-state index in [1.54, 1.807) is 0 Å². The third kappa shape index (κ3) is 3.86. The van der Waals surface area contributed by atoms with Crippen LogP contribution in [0, 0.1) is 0 Å². The van der Waals surface area contributed by atoms with Crippen molar-refractivity contribution in [3.63, 3.8) is 0 Å². The van der Waals surface area contributed by atoms with E-state index in [1.807, 2.05) is 23.6 Å². The van der Waals surface area contributed by atoms with Gasteiger partial charge in [0, 0.05) is 59.0 Å². The number of thiophene rings is 1. The molecule has 0 N–H and O–H groups in total. The van der Waals surface area contributed by atoms with Gasteiger partial charge in [0.05, 0.1) is 16.9 Å². The summed E-state index contributed by atoms with van der Waals surface area (Å²) >= 11 is 1.88. The Labute approximate surface area is 252 Å². The summed E-state index contributed by atoms with van der Waals surface area (Å²) in [5.74, 6) is 0. The minimum atomic E-state index is 0.996. The van der Waals surface area contributed by atoms with Crippen LogP contribution in [-0.2, 0) is 0 Å². The molecule has 43 heavy (non-hydrogen) atoms. The SMILES string of the molecule is c1ccc(-c2cc3ccc(-c4cccc5sc6c(ccc7c(-c8ccccc8)nc8ccccc8c76)c45)cc3cn2)cc1. The predicted octanol–water partition coefficient (Wildman–Crippen LogP) is 11.3. The van der Waals surface area contributed by atoms with Crippen molar-refractivity contribution >= 4 is 64.0 Å². The van der Waals surface area contributed by atoms with Gasteiger partial charge >= 0.3 is 0 Å². The van der Waals surface area contributed by atoms with Gasteiger partial charge in [-0.2, -0.15) is 0 Å². The van der Waals surface area contributed by atoms with Crippen LogP contribution in [0.25, 0.3) is 86.3 Å². The summed E-state index contributed by atoms with van der Waals surface area (Å²) < 4.78 is 2.60. The maximum absolute atomic E-state index is 5.15. The van der Waals surface area contributed by atoms with Gasteiger partial charge in [-0.1, -0.05) is 115 Å². The average Bonchev–Trinajstić information content (AvgIpc) is 3.47. The summed E-state index contributed by atoms with van der Waals surface area (Å²) in [7, 11) is 0. The maximum atomic E-state index is 5.15. The molecular formula is C40H24N2S. The van der Waals surface area contributed by atoms with Gasteiger partial charge in [-0.15, -0.1) is 11.3 Å². The van der Waals surface area contributed by atoms with Gasteiger partial charge in [-0.05, 0) is 40.8 Å². The molecule has 2 nitrogen and oxygen atoms in total. The first-order valence-electron chi connectivity index (χ1n) is 14.5. The molecule has 0 unspecified atom stereocenters. The molecule has 0 amide bonds. The van der Waals surface area contributed by atoms with Crippen molar-refractivity contribution in [3.05, 3.63) is 146 Å². The van der Waals surface area contributed by atoms with Crippen LogP contribution >= 0.6 is 11.3 Å². The van der Waals surface area contributed by atoms with Crippen molar-refractivity contribution < 1.29 is 0 Å². The van der Waals surface area contributed by atoms with Crippen LogP contribution in [0.1, 0.15) is 0 Å². The number of aromatic nitrogens is 2. The number of para-hydroxylation sites is 1. The highest BCUT2D eigenvalue weighted by Crippen LogP contribution is 2.46. The third-order valence-electron chi connectivity index (χ3n) is 8.48. The van der Waals surface area contributed by atoms with E-state index in [-0.39, 0.29) is 0 Å². The summed E-state index contributed by atoms with van der Waals surface area (Å²) in [4.78, 5) is 9.96. The van der Waals surface area contributed by atoms with Gasteiger partial charge in [0.2, 0.25) is 0 Å². The van der Waals surface area contributed by atoms with Crippen molar-refractivity contribution in [2.45, 2.75) is 0 Å². The molecule has 0 saturated carbocycles. The van der Waals surface area contributed by atoms with Crippen molar-refractivity contribution in [1.82, 2.24) is 9.97 Å². The first-order chi connectivity index (χ1) is 21.3. The molecule has 0 aliphatic rings. The van der Waals surface area contributed by atoms with E-state index in [4.69, 9.17) is 9.97 Å². The van der Waals surface area contributed by atoms with E-state index in [0.29, 0.717) is 0 Å². The lowest BCUT2D eigenvalue weighted by Gasteiger charge is -2.11. The monoisotopic (exact) mass is 564 g/mol. The van der Waals surface area contributed by atoms with Crippen LogP contribution in [0.4, 0.5) is 0 Å². The molecule has 3 heterocycles. The highest BCUT2D eigenvalue weighted by Gasteiger charge is 2.18. The van der Waals surface area contributed by atoms with Crippen LogP contribution < -0.4 is 0 Å². The molecule has 9 aromatic rings. The second-order valence-corrected chi connectivity index (χ2v) is 12.0. The zero-order chi connectivity index (χ0) is 28.3. The van der Waals surface area contributed by atoms with E-state index in [0.717, 1.165) is 33.4 Å². The summed E-state index contributed by atoms with van der Waals surface area (Å²) in [6.07, 6.45) is 2.00. The molecule has 0 bridgehead atoms. The van der Waals surface area contributed by atoms with Gasteiger partial charge in [-0.3, -0.25) is 4.98 Å². The minimum Gasteiger partial charge on any atom is -0.256 e. The fourth-order valence-electron chi connectivity index (χ4n) is 6.45. The molecule has 6 aromatic carbocycles. The van der Waals surface area contributed by atoms with E-state index >= 15 is 0 Å². The third-order valence-corrected chi connectivity index (χ3v) is 9.66. The lowest BCUT2D eigenvalue weighted by Crippen LogP contribution is -1.89. The van der Waals surface area contributed by atoms with Crippen molar-refractivity contribution in [1.29, 1.82) is 0 Å². The minimum absolute atomic E-state index is 0.996. The average molecular weight is 565 g/mol. The van der Waals surface area contributed by atoms with Gasteiger partial charge in [-0.25, -0.2) is 4.98 Å². The Hall–Kier alpha value is -5.38. The molecule has 9 rings (SSSR count). The quantitative estimate of drug-likeness (QED) is 0.199. The normalized spacial score (nSPS) is 11.7. The van der Waals surface area contributed by atoms with Crippen LogP contribution in [0.2, 0.25) is 0 Å². The van der Waals surface area contributed by atoms with Gasteiger partial charge in [0.25, 0.3) is 0 Å². The lowest BCUT2D eigenvalue weighted by atomic mass is 9.95. The summed E-state index contributed by atoms with van der Waals surface area (Å²) in [6.45, 7) is 0. The molecule has 0 fully saturated rings. The molecule has 3 heteroatoms. The second kappa shape index (κ2) is 9.59. The summed E-state index contributed by atoms with van der Waals surface area (Å²) in [5, 5.41) is 8.60. The summed E-state index contributed by atoms with van der Waals surface area (Å²) in [6, 6.07) is 49.7. The molecule has 0 radical (unpaired) electrons. The zero-order valence-electron chi connectivity index (χ0n) is 23.2. The fraction of sp³-hybridized carbons (Fsp3) is 0. The number of benzene rings is 6. The summed E-state index contributed by atoms with van der Waals surface area (Å²) in [5.41, 5.74) is 7.78. The molecule has 200 valence electrons. The molecule has 0 aliphatic carbocycles. The zero-order valence-corrected chi connectivity index (χ0v) is 24.0. The van der Waals surface area contributed by atoms with Crippen molar-refractivity contribution in [3.8, 4) is 33.6 Å². The predicted molar refractivity (Wildman–Crippen MR) is 184 cm³/mol. The number of fused-ring (bicyclic) bond motifs is 8. The Bertz CT molecular complexity index is 2500. The maximum Gasteiger partial charge on any atom is 0.0788 e. The Balaban J connectivity index is 1.28. The fourth-order valence-corrected chi connectivity index (χ4v) is 7.74. The Morgan fingerprint density at radius 1 is 0.488 bits per heavy atom. The Morgan fingerprint density at radius 3 is 2.12 bits per heavy atom. The number of hydrogen-bond donors (Lipinski definition) is 0. The topological polar surface area (TPSA) is 25.8 Å². The highest BCUT2D eigenvalue weighted by molar-refractivity contribution is 7.27. The standard InChI is InChI=1S/C40H24N2S/c1-3-10-25(11-4-1)35-23-27-18-19-28(22-29(27)24-41-35)30-15-9-17-36-37(30)33-21-20-32-38(40(33)43-36)31-14-7-8-16-34(31)42-39(32)26-12-5-2-6-13-26/h1-24H. The number of rotatable bonds is 3. The van der Waals surface area contributed by atoms with Crippen LogP contribution in [0.15, 0.2) is 146 Å². The smallest absolute Gasteiger partial charge is 0.0788 e. The number of hydrogen-bond acceptors (Lipinski definition) is 3. The molecule has 0 saturated heterocycles. The number of nitrogens with zero attached hydrogens (tertiary/aromatic N) is 2. The van der Waals surface area contributed by atoms with E-state index in [9.17, 15) is 0 Å². The van der Waals surface area contributed by atoms with Crippen LogP contribution in [0.3, 0.4) is 0 Å². The van der Waals surface area contributed by atoms with E-state index in [1.165, 1.54) is 52.8 Å². The van der Waals surface area contributed by atoms with Crippen molar-refractivity contribution in [2.24, 2.45) is 0 Å². The molecule has 0 atom stereocenters. The number of pyridine rings is 2. The lowest BCUT2D eigenvalue weighted by molar-refractivity contribution is 1.36. The molecule has 0 spiro atoms. The first kappa shape index (κ1) is 24.2. The van der Waals surface area contributed by atoms with E-state index < -0.39 is 0 Å². The Morgan fingerprint density at radius 2 is 1.26 bits per heavy atom. The molecule has 3 aromatic heterocycles. The molecular weight excluding hydrogens is 541 g/mol.